The number of H-pyrrole nitrogens is 1. The van der Waals surface area contributed by atoms with Gasteiger partial charge in [0.25, 0.3) is 5.91 Å². The first-order valence-corrected chi connectivity index (χ1v) is 6.47. The van der Waals surface area contributed by atoms with E-state index in [1.54, 1.807) is 17.4 Å². The van der Waals surface area contributed by atoms with Crippen LogP contribution in [0.2, 0.25) is 0 Å². The molecule has 0 bridgehead atoms. The number of amides is 1. The number of nitrogens with one attached hydrogen (secondary N) is 2. The molecule has 1 fully saturated rings. The summed E-state index contributed by atoms with van der Waals surface area (Å²) in [6.07, 6.45) is -1.78. The minimum absolute atomic E-state index is 0.298. The number of aliphatic hydroxyl groups excluding tert-OH is 1. The largest absolute Gasteiger partial charge is 0.432 e. The molecule has 118 valence electrons. The van der Waals surface area contributed by atoms with Crippen molar-refractivity contribution in [2.24, 2.45) is 0 Å². The second-order valence-corrected chi connectivity index (χ2v) is 5.02. The van der Waals surface area contributed by atoms with E-state index in [9.17, 15) is 23.1 Å². The second-order valence-electron chi connectivity index (χ2n) is 5.02. The highest BCUT2D eigenvalue weighted by molar-refractivity contribution is 5.92. The molecule has 0 aliphatic heterocycles. The molecule has 0 spiro atoms. The smallest absolute Gasteiger partial charge is 0.391 e. The van der Waals surface area contributed by atoms with Crippen molar-refractivity contribution in [3.05, 3.63) is 35.9 Å². The normalized spacial score (nSPS) is 24.8. The SMILES string of the molecule is O=C(N[C@H]1C[C@@H](O)[C@@H]1n1cccn1)c1cc(C(F)(F)F)[nH]n1. The van der Waals surface area contributed by atoms with Crippen LogP contribution in [0.1, 0.15) is 28.6 Å². The molecular formula is C12H12F3N5O2. The molecule has 3 N–H and O–H groups in total. The lowest BCUT2D eigenvalue weighted by molar-refractivity contribution is -0.141. The molecule has 1 saturated carbocycles. The van der Waals surface area contributed by atoms with Crippen LogP contribution < -0.4 is 5.32 Å². The predicted molar refractivity (Wildman–Crippen MR) is 66.7 cm³/mol. The first kappa shape index (κ1) is 14.6. The summed E-state index contributed by atoms with van der Waals surface area (Å²) >= 11 is 0. The lowest BCUT2D eigenvalue weighted by atomic mass is 9.83. The summed E-state index contributed by atoms with van der Waals surface area (Å²) in [6.45, 7) is 0. The highest BCUT2D eigenvalue weighted by Gasteiger charge is 2.43. The van der Waals surface area contributed by atoms with Gasteiger partial charge in [-0.05, 0) is 12.5 Å². The van der Waals surface area contributed by atoms with Gasteiger partial charge in [0.15, 0.2) is 5.69 Å². The fourth-order valence-electron chi connectivity index (χ4n) is 2.40. The molecule has 1 aliphatic rings. The van der Waals surface area contributed by atoms with Crippen molar-refractivity contribution in [3.8, 4) is 0 Å². The fraction of sp³-hybridized carbons (Fsp3) is 0.417. The fourth-order valence-corrected chi connectivity index (χ4v) is 2.40. The van der Waals surface area contributed by atoms with E-state index in [0.29, 0.717) is 12.5 Å². The number of carbonyl (C=O) groups excluding carboxylic acids is 1. The Morgan fingerprint density at radius 1 is 1.50 bits per heavy atom. The number of alkyl halides is 3. The van der Waals surface area contributed by atoms with E-state index in [4.69, 9.17) is 0 Å². The summed E-state index contributed by atoms with van der Waals surface area (Å²) in [7, 11) is 0. The van der Waals surface area contributed by atoms with Crippen molar-refractivity contribution in [2.75, 3.05) is 0 Å². The van der Waals surface area contributed by atoms with E-state index in [0.717, 1.165) is 0 Å². The Hall–Kier alpha value is -2.36. The van der Waals surface area contributed by atoms with Crippen LogP contribution in [0, 0.1) is 0 Å². The van der Waals surface area contributed by atoms with E-state index in [2.05, 4.69) is 15.5 Å². The van der Waals surface area contributed by atoms with Gasteiger partial charge in [-0.2, -0.15) is 23.4 Å². The lowest BCUT2D eigenvalue weighted by Gasteiger charge is -2.41. The van der Waals surface area contributed by atoms with E-state index in [-0.39, 0.29) is 5.69 Å². The average Bonchev–Trinajstić information content (AvgIpc) is 3.07. The molecule has 0 saturated heterocycles. The van der Waals surface area contributed by atoms with Gasteiger partial charge in [-0.3, -0.25) is 14.6 Å². The molecule has 22 heavy (non-hydrogen) atoms. The number of carbonyl (C=O) groups is 1. The molecular weight excluding hydrogens is 303 g/mol. The van der Waals surface area contributed by atoms with Crippen LogP contribution in [0.5, 0.6) is 0 Å². The maximum atomic E-state index is 12.5. The van der Waals surface area contributed by atoms with Gasteiger partial charge in [0, 0.05) is 18.5 Å². The number of rotatable bonds is 3. The van der Waals surface area contributed by atoms with Gasteiger partial charge in [0.1, 0.15) is 5.69 Å². The van der Waals surface area contributed by atoms with E-state index < -0.39 is 36.0 Å². The maximum Gasteiger partial charge on any atom is 0.432 e. The molecule has 7 nitrogen and oxygen atoms in total. The van der Waals surface area contributed by atoms with Crippen molar-refractivity contribution >= 4 is 5.91 Å². The minimum atomic E-state index is -4.59. The molecule has 0 aromatic carbocycles. The van der Waals surface area contributed by atoms with Crippen LogP contribution in [-0.4, -0.2) is 43.1 Å². The molecule has 1 amide bonds. The van der Waals surface area contributed by atoms with E-state index >= 15 is 0 Å². The molecule has 2 aromatic rings. The quantitative estimate of drug-likeness (QED) is 0.778. The minimum Gasteiger partial charge on any atom is -0.391 e. The van der Waals surface area contributed by atoms with Crippen LogP contribution in [-0.2, 0) is 6.18 Å². The zero-order valence-electron chi connectivity index (χ0n) is 11.1. The van der Waals surface area contributed by atoms with Gasteiger partial charge >= 0.3 is 6.18 Å². The highest BCUT2D eigenvalue weighted by Crippen LogP contribution is 2.32. The molecule has 0 radical (unpaired) electrons. The zero-order chi connectivity index (χ0) is 15.9. The van der Waals surface area contributed by atoms with Gasteiger partial charge < -0.3 is 10.4 Å². The van der Waals surface area contributed by atoms with Crippen molar-refractivity contribution in [3.63, 3.8) is 0 Å². The van der Waals surface area contributed by atoms with Crippen LogP contribution in [0.15, 0.2) is 24.5 Å². The van der Waals surface area contributed by atoms with Gasteiger partial charge in [0.2, 0.25) is 0 Å². The number of halogens is 3. The second kappa shape index (κ2) is 5.13. The van der Waals surface area contributed by atoms with Gasteiger partial charge in [0.05, 0.1) is 18.2 Å². The Labute approximate surface area is 122 Å². The van der Waals surface area contributed by atoms with E-state index in [1.807, 2.05) is 0 Å². The van der Waals surface area contributed by atoms with Crippen LogP contribution in [0.25, 0.3) is 0 Å². The highest BCUT2D eigenvalue weighted by atomic mass is 19.4. The number of nitrogens with zero attached hydrogens (tertiary/aromatic N) is 3. The maximum absolute atomic E-state index is 12.5. The summed E-state index contributed by atoms with van der Waals surface area (Å²) in [5.41, 5.74) is -1.44. The summed E-state index contributed by atoms with van der Waals surface area (Å²) < 4.78 is 38.9. The third-order valence-corrected chi connectivity index (χ3v) is 3.56. The predicted octanol–water partition coefficient (Wildman–Crippen LogP) is 0.729. The molecule has 2 heterocycles. The number of aliphatic hydroxyl groups is 1. The average molecular weight is 315 g/mol. The summed E-state index contributed by atoms with van der Waals surface area (Å²) in [5, 5.41) is 21.4. The standard InChI is InChI=1S/C12H12F3N5O2/c13-12(14,15)9-5-7(18-19-9)11(22)17-6-4-8(21)10(6)20-3-1-2-16-20/h1-3,5-6,8,10,21H,4H2,(H,17,22)(H,18,19)/t6-,8+,10+/m0/s1. The summed E-state index contributed by atoms with van der Waals surface area (Å²) in [4.78, 5) is 11.9. The molecule has 3 atom stereocenters. The first-order chi connectivity index (χ1) is 10.4. The third kappa shape index (κ3) is 2.56. The van der Waals surface area contributed by atoms with Gasteiger partial charge in [-0.25, -0.2) is 0 Å². The number of aromatic amines is 1. The molecule has 3 rings (SSSR count). The summed E-state index contributed by atoms with van der Waals surface area (Å²) in [6, 6.07) is 1.45. The Morgan fingerprint density at radius 2 is 2.27 bits per heavy atom. The van der Waals surface area contributed by atoms with Crippen LogP contribution in [0.3, 0.4) is 0 Å². The first-order valence-electron chi connectivity index (χ1n) is 6.47. The van der Waals surface area contributed by atoms with Crippen molar-refractivity contribution in [2.45, 2.75) is 30.8 Å². The number of hydrogen-bond acceptors (Lipinski definition) is 4. The van der Waals surface area contributed by atoms with Crippen molar-refractivity contribution in [1.82, 2.24) is 25.3 Å². The Kier molecular flexibility index (Phi) is 3.39. The van der Waals surface area contributed by atoms with Crippen LogP contribution in [0.4, 0.5) is 13.2 Å². The summed E-state index contributed by atoms with van der Waals surface area (Å²) in [5.74, 6) is -0.735. The Morgan fingerprint density at radius 3 is 2.82 bits per heavy atom. The van der Waals surface area contributed by atoms with Crippen LogP contribution >= 0.6 is 0 Å². The van der Waals surface area contributed by atoms with E-state index in [1.165, 1.54) is 10.9 Å². The molecule has 2 aromatic heterocycles. The monoisotopic (exact) mass is 315 g/mol. The zero-order valence-corrected chi connectivity index (χ0v) is 11.1. The third-order valence-electron chi connectivity index (χ3n) is 3.56. The molecule has 1 aliphatic carbocycles. The number of aromatic nitrogens is 4. The van der Waals surface area contributed by atoms with Crippen molar-refractivity contribution in [1.29, 1.82) is 0 Å². The topological polar surface area (TPSA) is 95.8 Å². The lowest BCUT2D eigenvalue weighted by Crippen LogP contribution is -2.56. The molecule has 10 heteroatoms. The Balaban J connectivity index is 1.68. The van der Waals surface area contributed by atoms with Crippen molar-refractivity contribution < 1.29 is 23.1 Å². The Bertz CT molecular complexity index is 667. The number of hydrogen-bond donors (Lipinski definition) is 3. The van der Waals surface area contributed by atoms with Gasteiger partial charge in [-0.1, -0.05) is 0 Å². The molecule has 0 unspecified atom stereocenters. The van der Waals surface area contributed by atoms with Gasteiger partial charge in [-0.15, -0.1) is 0 Å².